The summed E-state index contributed by atoms with van der Waals surface area (Å²) in [4.78, 5) is 14.4. The molecular weight excluding hydrogens is 280 g/mol. The first-order chi connectivity index (χ1) is 10.8. The molecule has 0 bridgehead atoms. The monoisotopic (exact) mass is 304 g/mol. The largest absolute Gasteiger partial charge is 0.349 e. The number of carbonyl (C=O) groups is 1. The smallest absolute Gasteiger partial charge is 0.225 e. The molecule has 3 rings (SSSR count). The summed E-state index contributed by atoms with van der Waals surface area (Å²) < 4.78 is 11.3. The van der Waals surface area contributed by atoms with Crippen LogP contribution in [0.15, 0.2) is 30.3 Å². The van der Waals surface area contributed by atoms with Crippen LogP contribution in [0.3, 0.4) is 0 Å². The van der Waals surface area contributed by atoms with Crippen LogP contribution < -0.4 is 5.32 Å². The lowest BCUT2D eigenvalue weighted by Gasteiger charge is -2.37. The fourth-order valence-electron chi connectivity index (χ4n) is 3.19. The predicted molar refractivity (Wildman–Crippen MR) is 84.6 cm³/mol. The van der Waals surface area contributed by atoms with Gasteiger partial charge in [0.05, 0.1) is 19.3 Å². The van der Waals surface area contributed by atoms with Crippen molar-refractivity contribution in [3.8, 4) is 0 Å². The number of ether oxygens (including phenoxy) is 2. The number of hydrogen-bond acceptors (Lipinski definition) is 4. The Labute approximate surface area is 131 Å². The average molecular weight is 304 g/mol. The van der Waals surface area contributed by atoms with Crippen LogP contribution >= 0.6 is 0 Å². The van der Waals surface area contributed by atoms with Crippen LogP contribution in [0.4, 0.5) is 5.69 Å². The van der Waals surface area contributed by atoms with Crippen LogP contribution in [0.25, 0.3) is 0 Å². The van der Waals surface area contributed by atoms with Crippen molar-refractivity contribution in [3.05, 3.63) is 30.3 Å². The second kappa shape index (κ2) is 7.72. The van der Waals surface area contributed by atoms with Gasteiger partial charge in [0.2, 0.25) is 5.91 Å². The first-order valence-electron chi connectivity index (χ1n) is 8.15. The molecule has 0 aliphatic carbocycles. The molecule has 2 aliphatic heterocycles. The van der Waals surface area contributed by atoms with Gasteiger partial charge in [-0.2, -0.15) is 0 Å². The standard InChI is InChI=1S/C17H24N2O3/c20-16(18-14-6-2-1-3-7-14)9-11-19-10-5-4-8-15(19)17-21-12-13-22-17/h1-3,6-7,15,17H,4-5,8-13H2,(H,18,20). The van der Waals surface area contributed by atoms with Crippen LogP contribution in [-0.4, -0.2) is 49.4 Å². The number of anilines is 1. The molecule has 22 heavy (non-hydrogen) atoms. The Morgan fingerprint density at radius 2 is 1.95 bits per heavy atom. The normalized spacial score (nSPS) is 23.5. The maximum atomic E-state index is 12.1. The second-order valence-electron chi connectivity index (χ2n) is 5.87. The maximum Gasteiger partial charge on any atom is 0.225 e. The van der Waals surface area contributed by atoms with E-state index in [9.17, 15) is 4.79 Å². The summed E-state index contributed by atoms with van der Waals surface area (Å²) in [5.74, 6) is 0.0591. The van der Waals surface area contributed by atoms with Crippen LogP contribution in [0.5, 0.6) is 0 Å². The highest BCUT2D eigenvalue weighted by Gasteiger charge is 2.33. The van der Waals surface area contributed by atoms with Crippen molar-refractivity contribution in [3.63, 3.8) is 0 Å². The molecule has 0 saturated carbocycles. The molecule has 1 aromatic rings. The Bertz CT molecular complexity index is 474. The number of likely N-dealkylation sites (tertiary alicyclic amines) is 1. The van der Waals surface area contributed by atoms with Crippen molar-refractivity contribution in [1.82, 2.24) is 4.90 Å². The first kappa shape index (κ1) is 15.5. The Balaban J connectivity index is 1.49. The minimum atomic E-state index is -0.113. The molecule has 2 fully saturated rings. The first-order valence-corrected chi connectivity index (χ1v) is 8.15. The molecular formula is C17H24N2O3. The summed E-state index contributed by atoms with van der Waals surface area (Å²) in [6, 6.07) is 9.88. The Morgan fingerprint density at radius 3 is 2.73 bits per heavy atom. The van der Waals surface area contributed by atoms with E-state index in [0.717, 1.165) is 25.2 Å². The molecule has 2 saturated heterocycles. The highest BCUT2D eigenvalue weighted by Crippen LogP contribution is 2.24. The molecule has 2 aliphatic rings. The van der Waals surface area contributed by atoms with Crippen LogP contribution in [0, 0.1) is 0 Å². The number of nitrogens with one attached hydrogen (secondary N) is 1. The third kappa shape index (κ3) is 4.06. The van der Waals surface area contributed by atoms with Gasteiger partial charge in [-0.15, -0.1) is 0 Å². The number of para-hydroxylation sites is 1. The molecule has 5 heteroatoms. The minimum Gasteiger partial charge on any atom is -0.349 e. The van der Waals surface area contributed by atoms with E-state index in [1.807, 2.05) is 30.3 Å². The molecule has 1 N–H and O–H groups in total. The van der Waals surface area contributed by atoms with Gasteiger partial charge in [0.1, 0.15) is 0 Å². The van der Waals surface area contributed by atoms with Gasteiger partial charge < -0.3 is 14.8 Å². The van der Waals surface area contributed by atoms with Crippen molar-refractivity contribution in [2.24, 2.45) is 0 Å². The van der Waals surface area contributed by atoms with Crippen LogP contribution in [0.1, 0.15) is 25.7 Å². The number of nitrogens with zero attached hydrogens (tertiary/aromatic N) is 1. The number of hydrogen-bond donors (Lipinski definition) is 1. The predicted octanol–water partition coefficient (Wildman–Crippen LogP) is 2.24. The van der Waals surface area contributed by atoms with Gasteiger partial charge >= 0.3 is 0 Å². The number of rotatable bonds is 5. The van der Waals surface area contributed by atoms with Gasteiger partial charge in [0.15, 0.2) is 6.29 Å². The van der Waals surface area contributed by atoms with Crippen molar-refractivity contribution in [2.45, 2.75) is 38.0 Å². The number of carbonyl (C=O) groups excluding carboxylic acids is 1. The van der Waals surface area contributed by atoms with E-state index in [0.29, 0.717) is 25.7 Å². The lowest BCUT2D eigenvalue weighted by atomic mass is 10.0. The molecule has 1 aromatic carbocycles. The highest BCUT2D eigenvalue weighted by molar-refractivity contribution is 5.90. The summed E-state index contributed by atoms with van der Waals surface area (Å²) in [7, 11) is 0. The lowest BCUT2D eigenvalue weighted by molar-refractivity contribution is -0.120. The molecule has 2 heterocycles. The average Bonchev–Trinajstić information content (AvgIpc) is 3.08. The van der Waals surface area contributed by atoms with Gasteiger partial charge in [-0.1, -0.05) is 24.6 Å². The molecule has 1 unspecified atom stereocenters. The van der Waals surface area contributed by atoms with E-state index in [1.165, 1.54) is 12.8 Å². The van der Waals surface area contributed by atoms with Gasteiger partial charge in [0, 0.05) is 18.7 Å². The van der Waals surface area contributed by atoms with Gasteiger partial charge in [-0.25, -0.2) is 0 Å². The lowest BCUT2D eigenvalue weighted by Crippen LogP contribution is -2.48. The molecule has 5 nitrogen and oxygen atoms in total. The quantitative estimate of drug-likeness (QED) is 0.906. The Hall–Kier alpha value is -1.43. The minimum absolute atomic E-state index is 0.0591. The fraction of sp³-hybridized carbons (Fsp3) is 0.588. The second-order valence-corrected chi connectivity index (χ2v) is 5.87. The van der Waals surface area contributed by atoms with Crippen molar-refractivity contribution in [2.75, 3.05) is 31.6 Å². The molecule has 0 spiro atoms. The van der Waals surface area contributed by atoms with Gasteiger partial charge in [0.25, 0.3) is 0 Å². The van der Waals surface area contributed by atoms with Gasteiger partial charge in [-0.3, -0.25) is 9.69 Å². The third-order valence-electron chi connectivity index (χ3n) is 4.31. The molecule has 1 amide bonds. The van der Waals surface area contributed by atoms with Crippen molar-refractivity contribution >= 4 is 11.6 Å². The Morgan fingerprint density at radius 1 is 1.18 bits per heavy atom. The fourth-order valence-corrected chi connectivity index (χ4v) is 3.19. The zero-order valence-corrected chi connectivity index (χ0v) is 12.9. The SMILES string of the molecule is O=C(CCN1CCCCC1C1OCCO1)Nc1ccccc1. The maximum absolute atomic E-state index is 12.1. The van der Waals surface area contributed by atoms with E-state index in [-0.39, 0.29) is 12.2 Å². The zero-order valence-electron chi connectivity index (χ0n) is 12.9. The third-order valence-corrected chi connectivity index (χ3v) is 4.31. The number of benzene rings is 1. The summed E-state index contributed by atoms with van der Waals surface area (Å²) in [5.41, 5.74) is 0.852. The molecule has 120 valence electrons. The highest BCUT2D eigenvalue weighted by atomic mass is 16.7. The van der Waals surface area contributed by atoms with E-state index < -0.39 is 0 Å². The van der Waals surface area contributed by atoms with E-state index >= 15 is 0 Å². The Kier molecular flexibility index (Phi) is 5.43. The summed E-state index contributed by atoms with van der Waals surface area (Å²) in [6.07, 6.45) is 3.87. The summed E-state index contributed by atoms with van der Waals surface area (Å²) in [6.45, 7) is 3.14. The van der Waals surface area contributed by atoms with Gasteiger partial charge in [-0.05, 0) is 31.5 Å². The van der Waals surface area contributed by atoms with Crippen LogP contribution in [-0.2, 0) is 14.3 Å². The molecule has 0 radical (unpaired) electrons. The number of piperidine rings is 1. The van der Waals surface area contributed by atoms with E-state index in [2.05, 4.69) is 10.2 Å². The topological polar surface area (TPSA) is 50.8 Å². The van der Waals surface area contributed by atoms with E-state index in [1.54, 1.807) is 0 Å². The van der Waals surface area contributed by atoms with E-state index in [4.69, 9.17) is 9.47 Å². The molecule has 0 aromatic heterocycles. The summed E-state index contributed by atoms with van der Waals surface area (Å²) >= 11 is 0. The summed E-state index contributed by atoms with van der Waals surface area (Å²) in [5, 5.41) is 2.94. The van der Waals surface area contributed by atoms with Crippen molar-refractivity contribution < 1.29 is 14.3 Å². The van der Waals surface area contributed by atoms with Crippen LogP contribution in [0.2, 0.25) is 0 Å². The van der Waals surface area contributed by atoms with Crippen molar-refractivity contribution in [1.29, 1.82) is 0 Å². The zero-order chi connectivity index (χ0) is 15.2. The number of amides is 1. The molecule has 1 atom stereocenters.